The van der Waals surface area contributed by atoms with E-state index in [0.29, 0.717) is 11.4 Å². The van der Waals surface area contributed by atoms with Gasteiger partial charge in [0, 0.05) is 25.6 Å². The van der Waals surface area contributed by atoms with Gasteiger partial charge in [-0.05, 0) is 31.2 Å². The minimum absolute atomic E-state index is 0.136. The molecule has 0 aliphatic carbocycles. The number of carbonyl (C=O) groups is 2. The van der Waals surface area contributed by atoms with E-state index in [0.717, 1.165) is 11.3 Å². The molecule has 0 fully saturated rings. The van der Waals surface area contributed by atoms with Crippen LogP contribution in [0.5, 0.6) is 5.75 Å². The molecule has 1 N–H and O–H groups in total. The molecule has 0 bridgehead atoms. The van der Waals surface area contributed by atoms with Gasteiger partial charge in [-0.15, -0.1) is 0 Å². The van der Waals surface area contributed by atoms with Crippen LogP contribution in [0.15, 0.2) is 48.5 Å². The molecule has 5 heteroatoms. The first-order valence-electron chi connectivity index (χ1n) is 7.79. The summed E-state index contributed by atoms with van der Waals surface area (Å²) in [6.07, 6.45) is 0.200. The molecule has 0 saturated heterocycles. The van der Waals surface area contributed by atoms with E-state index in [1.54, 1.807) is 24.1 Å². The number of benzene rings is 2. The number of carbonyl (C=O) groups excluding carboxylic acids is 2. The maximum Gasteiger partial charge on any atom is 0.226 e. The normalized spacial score (nSPS) is 10.1. The molecule has 2 rings (SSSR count). The Bertz CT molecular complexity index is 711. The fraction of sp³-hybridized carbons (Fsp3) is 0.263. The Hall–Kier alpha value is -2.82. The fourth-order valence-corrected chi connectivity index (χ4v) is 2.37. The molecule has 126 valence electrons. The second-order valence-electron chi connectivity index (χ2n) is 5.51. The number of amides is 2. The average Bonchev–Trinajstić information content (AvgIpc) is 2.57. The number of rotatable bonds is 6. The summed E-state index contributed by atoms with van der Waals surface area (Å²) in [4.78, 5) is 25.6. The van der Waals surface area contributed by atoms with Crippen LogP contribution >= 0.6 is 0 Å². The van der Waals surface area contributed by atoms with Gasteiger partial charge in [-0.25, -0.2) is 0 Å². The third kappa shape index (κ3) is 4.59. The highest BCUT2D eigenvalue weighted by molar-refractivity contribution is 5.95. The predicted octanol–water partition coefficient (Wildman–Crippen LogP) is 3.39. The lowest BCUT2D eigenvalue weighted by molar-refractivity contribution is -0.117. The summed E-state index contributed by atoms with van der Waals surface area (Å²) >= 11 is 0. The maximum absolute atomic E-state index is 12.1. The first-order chi connectivity index (χ1) is 11.5. The Morgan fingerprint density at radius 1 is 1.08 bits per heavy atom. The third-order valence-corrected chi connectivity index (χ3v) is 3.65. The Balaban J connectivity index is 2.02. The lowest BCUT2D eigenvalue weighted by Crippen LogP contribution is -2.32. The lowest BCUT2D eigenvalue weighted by atomic mass is 10.2. The van der Waals surface area contributed by atoms with E-state index in [4.69, 9.17) is 4.74 Å². The number of methoxy groups -OCH3 is 1. The molecule has 0 heterocycles. The SMILES string of the molecule is COc1ccccc1N(CCC(=O)Nc1ccc(C)cc1)C(C)=O. The van der Waals surface area contributed by atoms with E-state index in [-0.39, 0.29) is 24.8 Å². The highest BCUT2D eigenvalue weighted by Crippen LogP contribution is 2.27. The number of nitrogens with zero attached hydrogens (tertiary/aromatic N) is 1. The molecule has 2 aromatic carbocycles. The molecule has 0 aliphatic heterocycles. The zero-order chi connectivity index (χ0) is 17.5. The van der Waals surface area contributed by atoms with E-state index in [1.165, 1.54) is 6.92 Å². The van der Waals surface area contributed by atoms with Gasteiger partial charge in [0.25, 0.3) is 0 Å². The van der Waals surface area contributed by atoms with Gasteiger partial charge >= 0.3 is 0 Å². The Labute approximate surface area is 142 Å². The topological polar surface area (TPSA) is 58.6 Å². The van der Waals surface area contributed by atoms with Crippen molar-refractivity contribution in [3.05, 3.63) is 54.1 Å². The second kappa shape index (κ2) is 8.15. The van der Waals surface area contributed by atoms with Crippen LogP contribution in [0.4, 0.5) is 11.4 Å². The van der Waals surface area contributed by atoms with Gasteiger partial charge in [-0.1, -0.05) is 29.8 Å². The van der Waals surface area contributed by atoms with Crippen molar-refractivity contribution in [1.82, 2.24) is 0 Å². The minimum Gasteiger partial charge on any atom is -0.495 e. The zero-order valence-corrected chi connectivity index (χ0v) is 14.2. The van der Waals surface area contributed by atoms with E-state index in [9.17, 15) is 9.59 Å². The van der Waals surface area contributed by atoms with Crippen molar-refractivity contribution in [2.24, 2.45) is 0 Å². The number of hydrogen-bond donors (Lipinski definition) is 1. The van der Waals surface area contributed by atoms with Crippen LogP contribution in [0.3, 0.4) is 0 Å². The lowest BCUT2D eigenvalue weighted by Gasteiger charge is -2.23. The average molecular weight is 326 g/mol. The van der Waals surface area contributed by atoms with Gasteiger partial charge in [0.15, 0.2) is 0 Å². The van der Waals surface area contributed by atoms with Crippen LogP contribution in [-0.4, -0.2) is 25.5 Å². The second-order valence-corrected chi connectivity index (χ2v) is 5.51. The van der Waals surface area contributed by atoms with Gasteiger partial charge in [0.1, 0.15) is 5.75 Å². The summed E-state index contributed by atoms with van der Waals surface area (Å²) < 4.78 is 5.30. The van der Waals surface area contributed by atoms with E-state index >= 15 is 0 Å². The largest absolute Gasteiger partial charge is 0.495 e. The molecule has 5 nitrogen and oxygen atoms in total. The minimum atomic E-state index is -0.139. The van der Waals surface area contributed by atoms with Crippen LogP contribution in [0.25, 0.3) is 0 Å². The Kier molecular flexibility index (Phi) is 5.95. The smallest absolute Gasteiger partial charge is 0.226 e. The first kappa shape index (κ1) is 17.5. The molecule has 0 unspecified atom stereocenters. The van der Waals surface area contributed by atoms with Gasteiger partial charge < -0.3 is 15.0 Å². The van der Waals surface area contributed by atoms with E-state index in [2.05, 4.69) is 5.32 Å². The van der Waals surface area contributed by atoms with Gasteiger partial charge in [0.2, 0.25) is 11.8 Å². The molecule has 0 saturated carbocycles. The number of nitrogens with one attached hydrogen (secondary N) is 1. The predicted molar refractivity (Wildman–Crippen MR) is 95.4 cm³/mol. The van der Waals surface area contributed by atoms with Crippen LogP contribution in [0.2, 0.25) is 0 Å². The van der Waals surface area contributed by atoms with Crippen molar-refractivity contribution < 1.29 is 14.3 Å². The van der Waals surface area contributed by atoms with Crippen LogP contribution in [-0.2, 0) is 9.59 Å². The number of ether oxygens (including phenoxy) is 1. The summed E-state index contributed by atoms with van der Waals surface area (Å²) in [7, 11) is 1.56. The molecule has 0 spiro atoms. The van der Waals surface area contributed by atoms with Crippen molar-refractivity contribution in [2.75, 3.05) is 23.9 Å². The van der Waals surface area contributed by atoms with Crippen LogP contribution in [0, 0.1) is 6.92 Å². The Morgan fingerprint density at radius 2 is 1.75 bits per heavy atom. The van der Waals surface area contributed by atoms with Crippen molar-refractivity contribution in [3.63, 3.8) is 0 Å². The van der Waals surface area contributed by atoms with E-state index in [1.807, 2.05) is 43.3 Å². The molecular formula is C19H22N2O3. The summed E-state index contributed by atoms with van der Waals surface area (Å²) in [6, 6.07) is 14.9. The summed E-state index contributed by atoms with van der Waals surface area (Å²) in [5, 5.41) is 2.84. The molecule has 2 aromatic rings. The molecule has 24 heavy (non-hydrogen) atoms. The van der Waals surface area contributed by atoms with Gasteiger partial charge in [-0.2, -0.15) is 0 Å². The van der Waals surface area contributed by atoms with E-state index < -0.39 is 0 Å². The van der Waals surface area contributed by atoms with Crippen molar-refractivity contribution in [3.8, 4) is 5.75 Å². The molecule has 2 amide bonds. The van der Waals surface area contributed by atoms with Crippen LogP contribution in [0.1, 0.15) is 18.9 Å². The highest BCUT2D eigenvalue weighted by atomic mass is 16.5. The highest BCUT2D eigenvalue weighted by Gasteiger charge is 2.17. The number of para-hydroxylation sites is 2. The zero-order valence-electron chi connectivity index (χ0n) is 14.2. The molecule has 0 radical (unpaired) electrons. The fourth-order valence-electron chi connectivity index (χ4n) is 2.37. The summed E-state index contributed by atoms with van der Waals surface area (Å²) in [5.41, 5.74) is 2.54. The van der Waals surface area contributed by atoms with Crippen molar-refractivity contribution in [2.45, 2.75) is 20.3 Å². The monoisotopic (exact) mass is 326 g/mol. The van der Waals surface area contributed by atoms with Crippen molar-refractivity contribution >= 4 is 23.2 Å². The molecular weight excluding hydrogens is 304 g/mol. The number of hydrogen-bond acceptors (Lipinski definition) is 3. The van der Waals surface area contributed by atoms with Crippen LogP contribution < -0.4 is 15.0 Å². The number of aryl methyl sites for hydroxylation is 1. The summed E-state index contributed by atoms with van der Waals surface area (Å²) in [6.45, 7) is 3.75. The van der Waals surface area contributed by atoms with Gasteiger partial charge in [-0.3, -0.25) is 9.59 Å². The standard InChI is InChI=1S/C19H22N2O3/c1-14-8-10-16(11-9-14)20-19(23)12-13-21(15(2)22)17-6-4-5-7-18(17)24-3/h4-11H,12-13H2,1-3H3,(H,20,23). The molecule has 0 aliphatic rings. The quantitative estimate of drug-likeness (QED) is 0.885. The number of anilines is 2. The Morgan fingerprint density at radius 3 is 2.38 bits per heavy atom. The molecule has 0 atom stereocenters. The third-order valence-electron chi connectivity index (χ3n) is 3.65. The van der Waals surface area contributed by atoms with Gasteiger partial charge in [0.05, 0.1) is 12.8 Å². The maximum atomic E-state index is 12.1. The molecule has 0 aromatic heterocycles. The first-order valence-corrected chi connectivity index (χ1v) is 7.79. The van der Waals surface area contributed by atoms with Crippen molar-refractivity contribution in [1.29, 1.82) is 0 Å². The summed E-state index contributed by atoms with van der Waals surface area (Å²) in [5.74, 6) is 0.328.